The normalized spacial score (nSPS) is 12.7. The number of benzene rings is 2. The first kappa shape index (κ1) is 18.2. The minimum Gasteiger partial charge on any atom is -0.507 e. The molecule has 128 valence electrons. The maximum absolute atomic E-state index is 11.7. The van der Waals surface area contributed by atoms with Crippen LogP contribution in [0.3, 0.4) is 0 Å². The standard InChI is InChI=1S/C18H21NO4S/c1-18(2,3)16-10-5-7-13(17(16)20)12-19-14-8-6-9-15(11-14)24(21,22)23-4/h5-12,20H,1-4H3. The number of aromatic hydroxyl groups is 1. The van der Waals surface area contributed by atoms with Gasteiger partial charge < -0.3 is 5.11 Å². The van der Waals surface area contributed by atoms with Crippen LogP contribution in [-0.2, 0) is 19.7 Å². The van der Waals surface area contributed by atoms with Crippen LogP contribution < -0.4 is 0 Å². The van der Waals surface area contributed by atoms with E-state index in [0.717, 1.165) is 12.7 Å². The van der Waals surface area contributed by atoms with Crippen LogP contribution in [0.5, 0.6) is 5.75 Å². The second-order valence-corrected chi connectivity index (χ2v) is 8.08. The molecule has 2 aromatic carbocycles. The van der Waals surface area contributed by atoms with E-state index in [1.54, 1.807) is 18.2 Å². The fourth-order valence-corrected chi connectivity index (χ4v) is 2.93. The van der Waals surface area contributed by atoms with Gasteiger partial charge in [0.25, 0.3) is 10.1 Å². The van der Waals surface area contributed by atoms with E-state index in [2.05, 4.69) is 9.18 Å². The maximum Gasteiger partial charge on any atom is 0.296 e. The fourth-order valence-electron chi connectivity index (χ4n) is 2.23. The number of hydrogen-bond acceptors (Lipinski definition) is 5. The lowest BCUT2D eigenvalue weighted by atomic mass is 9.85. The van der Waals surface area contributed by atoms with E-state index in [-0.39, 0.29) is 16.1 Å². The van der Waals surface area contributed by atoms with Gasteiger partial charge in [0.15, 0.2) is 0 Å². The molecule has 5 nitrogen and oxygen atoms in total. The third-order valence-electron chi connectivity index (χ3n) is 3.55. The van der Waals surface area contributed by atoms with Crippen molar-refractivity contribution in [2.45, 2.75) is 31.1 Å². The smallest absolute Gasteiger partial charge is 0.296 e. The molecule has 0 unspecified atom stereocenters. The molecule has 0 spiro atoms. The minimum atomic E-state index is -3.76. The summed E-state index contributed by atoms with van der Waals surface area (Å²) in [4.78, 5) is 4.30. The molecule has 0 aromatic heterocycles. The Balaban J connectivity index is 2.38. The van der Waals surface area contributed by atoms with Gasteiger partial charge in [0, 0.05) is 11.8 Å². The molecule has 0 aliphatic heterocycles. The van der Waals surface area contributed by atoms with E-state index in [1.165, 1.54) is 18.3 Å². The first-order valence-electron chi connectivity index (χ1n) is 7.42. The van der Waals surface area contributed by atoms with Gasteiger partial charge in [-0.05, 0) is 35.2 Å². The molecule has 0 heterocycles. The lowest BCUT2D eigenvalue weighted by molar-refractivity contribution is 0.398. The number of hydrogen-bond donors (Lipinski definition) is 1. The summed E-state index contributed by atoms with van der Waals surface area (Å²) in [6, 6.07) is 11.6. The van der Waals surface area contributed by atoms with Gasteiger partial charge in [-0.1, -0.05) is 39.0 Å². The van der Waals surface area contributed by atoms with Crippen molar-refractivity contribution in [2.24, 2.45) is 4.99 Å². The minimum absolute atomic E-state index is 0.0346. The van der Waals surface area contributed by atoms with E-state index in [9.17, 15) is 13.5 Å². The lowest BCUT2D eigenvalue weighted by Crippen LogP contribution is -2.11. The molecule has 24 heavy (non-hydrogen) atoms. The van der Waals surface area contributed by atoms with Gasteiger partial charge in [0.05, 0.1) is 17.7 Å². The summed E-state index contributed by atoms with van der Waals surface area (Å²) in [6.07, 6.45) is 1.52. The van der Waals surface area contributed by atoms with Crippen molar-refractivity contribution in [1.82, 2.24) is 0 Å². The summed E-state index contributed by atoms with van der Waals surface area (Å²) in [5, 5.41) is 10.4. The molecule has 0 amide bonds. The summed E-state index contributed by atoms with van der Waals surface area (Å²) in [5.41, 5.74) is 1.65. The van der Waals surface area contributed by atoms with E-state index < -0.39 is 10.1 Å². The van der Waals surface area contributed by atoms with Gasteiger partial charge in [-0.25, -0.2) is 0 Å². The summed E-state index contributed by atoms with van der Waals surface area (Å²) < 4.78 is 27.9. The largest absolute Gasteiger partial charge is 0.507 e. The van der Waals surface area contributed by atoms with Crippen molar-refractivity contribution in [3.8, 4) is 5.75 Å². The molecule has 6 heteroatoms. The topological polar surface area (TPSA) is 76.0 Å². The molecule has 0 atom stereocenters. The number of para-hydroxylation sites is 1. The molecule has 0 aliphatic rings. The Kier molecular flexibility index (Phi) is 5.11. The third-order valence-corrected chi connectivity index (χ3v) is 4.82. The summed E-state index contributed by atoms with van der Waals surface area (Å²) in [6.45, 7) is 6.05. The molecule has 2 aromatic rings. The van der Waals surface area contributed by atoms with Crippen molar-refractivity contribution in [3.05, 3.63) is 53.6 Å². The number of rotatable bonds is 4. The van der Waals surface area contributed by atoms with Gasteiger partial charge in [0.1, 0.15) is 5.75 Å². The van der Waals surface area contributed by atoms with Crippen LogP contribution in [0.2, 0.25) is 0 Å². The highest BCUT2D eigenvalue weighted by atomic mass is 32.2. The fraction of sp³-hybridized carbons (Fsp3) is 0.278. The van der Waals surface area contributed by atoms with Crippen molar-refractivity contribution < 1.29 is 17.7 Å². The predicted octanol–water partition coefficient (Wildman–Crippen LogP) is 3.78. The number of phenols is 1. The Morgan fingerprint density at radius 2 is 1.79 bits per heavy atom. The van der Waals surface area contributed by atoms with Crippen LogP contribution in [0.4, 0.5) is 5.69 Å². The summed E-state index contributed by atoms with van der Waals surface area (Å²) in [5.74, 6) is 0.175. The molecule has 0 fully saturated rings. The first-order chi connectivity index (χ1) is 11.1. The summed E-state index contributed by atoms with van der Waals surface area (Å²) >= 11 is 0. The Labute approximate surface area is 142 Å². The molecular formula is C18H21NO4S. The second-order valence-electron chi connectivity index (χ2n) is 6.37. The second kappa shape index (κ2) is 6.75. The SMILES string of the molecule is COS(=O)(=O)c1cccc(N=Cc2cccc(C(C)(C)C)c2O)c1. The Bertz CT molecular complexity index is 865. The van der Waals surface area contributed by atoms with Gasteiger partial charge >= 0.3 is 0 Å². The van der Waals surface area contributed by atoms with E-state index in [0.29, 0.717) is 11.3 Å². The molecule has 0 bridgehead atoms. The zero-order chi connectivity index (χ0) is 18.0. The molecular weight excluding hydrogens is 326 g/mol. The Hall–Kier alpha value is -2.18. The monoisotopic (exact) mass is 347 g/mol. The van der Waals surface area contributed by atoms with Crippen LogP contribution in [0.15, 0.2) is 52.4 Å². The van der Waals surface area contributed by atoms with Crippen molar-refractivity contribution in [3.63, 3.8) is 0 Å². The van der Waals surface area contributed by atoms with Crippen LogP contribution in [-0.4, -0.2) is 26.8 Å². The van der Waals surface area contributed by atoms with E-state index >= 15 is 0 Å². The molecule has 0 saturated heterocycles. The van der Waals surface area contributed by atoms with E-state index in [1.807, 2.05) is 32.9 Å². The zero-order valence-corrected chi connectivity index (χ0v) is 15.0. The van der Waals surface area contributed by atoms with Crippen molar-refractivity contribution in [1.29, 1.82) is 0 Å². The van der Waals surface area contributed by atoms with Crippen molar-refractivity contribution in [2.75, 3.05) is 7.11 Å². The Morgan fingerprint density at radius 1 is 1.12 bits per heavy atom. The highest BCUT2D eigenvalue weighted by molar-refractivity contribution is 7.86. The van der Waals surface area contributed by atoms with Crippen LogP contribution in [0.25, 0.3) is 0 Å². The van der Waals surface area contributed by atoms with Gasteiger partial charge in [0.2, 0.25) is 0 Å². The first-order valence-corrected chi connectivity index (χ1v) is 8.83. The molecule has 0 saturated carbocycles. The lowest BCUT2D eigenvalue weighted by Gasteiger charge is -2.21. The highest BCUT2D eigenvalue weighted by Crippen LogP contribution is 2.32. The molecule has 1 N–H and O–H groups in total. The predicted molar refractivity (Wildman–Crippen MR) is 94.7 cm³/mol. The third kappa shape index (κ3) is 4.01. The average Bonchev–Trinajstić information content (AvgIpc) is 2.53. The van der Waals surface area contributed by atoms with Crippen molar-refractivity contribution >= 4 is 22.0 Å². The van der Waals surface area contributed by atoms with Gasteiger partial charge in [-0.2, -0.15) is 8.42 Å². The van der Waals surface area contributed by atoms with E-state index in [4.69, 9.17) is 0 Å². The number of aliphatic imine (C=N–C) groups is 1. The average molecular weight is 347 g/mol. The van der Waals surface area contributed by atoms with Gasteiger partial charge in [-0.3, -0.25) is 9.18 Å². The molecule has 0 radical (unpaired) electrons. The highest BCUT2D eigenvalue weighted by Gasteiger charge is 2.19. The quantitative estimate of drug-likeness (QED) is 0.674. The Morgan fingerprint density at radius 3 is 2.42 bits per heavy atom. The maximum atomic E-state index is 11.7. The van der Waals surface area contributed by atoms with Crippen LogP contribution >= 0.6 is 0 Å². The molecule has 2 rings (SSSR count). The number of phenolic OH excluding ortho intramolecular Hbond substituents is 1. The molecule has 0 aliphatic carbocycles. The number of nitrogens with zero attached hydrogens (tertiary/aromatic N) is 1. The zero-order valence-electron chi connectivity index (χ0n) is 14.1. The summed E-state index contributed by atoms with van der Waals surface area (Å²) in [7, 11) is -2.65. The van der Waals surface area contributed by atoms with Crippen LogP contribution in [0.1, 0.15) is 31.9 Å². The van der Waals surface area contributed by atoms with Crippen LogP contribution in [0, 0.1) is 0 Å². The van der Waals surface area contributed by atoms with Gasteiger partial charge in [-0.15, -0.1) is 0 Å².